The Morgan fingerprint density at radius 2 is 2.04 bits per heavy atom. The van der Waals surface area contributed by atoms with Crippen molar-refractivity contribution in [2.75, 3.05) is 13.2 Å². The molecule has 26 heavy (non-hydrogen) atoms. The third kappa shape index (κ3) is 4.89. The highest BCUT2D eigenvalue weighted by Gasteiger charge is 2.48. The van der Waals surface area contributed by atoms with Gasteiger partial charge < -0.3 is 29.7 Å². The molecule has 0 aromatic heterocycles. The molecule has 0 radical (unpaired) electrons. The molecule has 142 valence electrons. The van der Waals surface area contributed by atoms with Crippen molar-refractivity contribution in [1.29, 1.82) is 0 Å². The van der Waals surface area contributed by atoms with Gasteiger partial charge in [-0.2, -0.15) is 0 Å². The van der Waals surface area contributed by atoms with Crippen molar-refractivity contribution >= 4 is 11.9 Å². The molecule has 8 nitrogen and oxygen atoms in total. The lowest BCUT2D eigenvalue weighted by atomic mass is 9.96. The number of ether oxygens (including phenoxy) is 3. The Balaban J connectivity index is 2.26. The van der Waals surface area contributed by atoms with Gasteiger partial charge in [-0.1, -0.05) is 24.3 Å². The van der Waals surface area contributed by atoms with Gasteiger partial charge in [0.1, 0.15) is 18.2 Å². The minimum Gasteiger partial charge on any atom is -0.453 e. The molecule has 2 unspecified atom stereocenters. The predicted molar refractivity (Wildman–Crippen MR) is 91.2 cm³/mol. The summed E-state index contributed by atoms with van der Waals surface area (Å²) >= 11 is 0. The molecule has 0 aliphatic carbocycles. The third-order valence-corrected chi connectivity index (χ3v) is 3.85. The number of nitrogens with one attached hydrogen (secondary N) is 1. The van der Waals surface area contributed by atoms with Crippen LogP contribution in [0.4, 0.5) is 0 Å². The molecule has 2 rings (SSSR count). The molecule has 0 saturated carbocycles. The number of carbonyl (C=O) groups is 2. The second-order valence-electron chi connectivity index (χ2n) is 5.80. The quantitative estimate of drug-likeness (QED) is 0.460. The molecule has 0 bridgehead atoms. The summed E-state index contributed by atoms with van der Waals surface area (Å²) in [4.78, 5) is 24.0. The summed E-state index contributed by atoms with van der Waals surface area (Å²) in [6.07, 6.45) is -3.12. The van der Waals surface area contributed by atoms with Gasteiger partial charge in [-0.3, -0.25) is 4.79 Å². The zero-order chi connectivity index (χ0) is 19.1. The predicted octanol–water partition coefficient (Wildman–Crippen LogP) is -0.00260. The lowest BCUT2D eigenvalue weighted by Gasteiger charge is -2.43. The van der Waals surface area contributed by atoms with Gasteiger partial charge in [-0.05, 0) is 12.1 Å². The molecule has 5 atom stereocenters. The van der Waals surface area contributed by atoms with Crippen LogP contribution in [0.2, 0.25) is 0 Å². The summed E-state index contributed by atoms with van der Waals surface area (Å²) < 4.78 is 16.4. The highest BCUT2D eigenvalue weighted by molar-refractivity contribution is 5.89. The maximum absolute atomic E-state index is 12.4. The van der Waals surface area contributed by atoms with Crippen molar-refractivity contribution in [2.24, 2.45) is 0 Å². The Morgan fingerprint density at radius 1 is 1.35 bits per heavy atom. The highest BCUT2D eigenvalue weighted by Crippen LogP contribution is 2.25. The van der Waals surface area contributed by atoms with Gasteiger partial charge in [0.25, 0.3) is 0 Å². The second-order valence-corrected chi connectivity index (χ2v) is 5.80. The summed E-state index contributed by atoms with van der Waals surface area (Å²) in [6.45, 7) is 4.42. The van der Waals surface area contributed by atoms with Crippen LogP contribution < -0.4 is 5.32 Å². The summed E-state index contributed by atoms with van der Waals surface area (Å²) in [5.74, 6) is -1.09. The van der Waals surface area contributed by atoms with Crippen LogP contribution in [0.5, 0.6) is 0 Å². The maximum Gasteiger partial charge on any atom is 0.338 e. The van der Waals surface area contributed by atoms with Crippen LogP contribution in [0, 0.1) is 0 Å². The van der Waals surface area contributed by atoms with Crippen LogP contribution in [0.25, 0.3) is 0 Å². The standard InChI is InChI=1S/C18H23NO7/c1-3-9-24-18-14(19-11(2)21)16(15(22)13(10-20)25-18)26-17(23)12-7-5-4-6-8-12/h3-8,13-16,18,20,22H,1,9-10H2,2H3,(H,19,21)/t13?,14?,15-,16+,18-/m0/s1. The van der Waals surface area contributed by atoms with Crippen molar-refractivity contribution < 1.29 is 34.0 Å². The fourth-order valence-electron chi connectivity index (χ4n) is 2.67. The first kappa shape index (κ1) is 20.1. The van der Waals surface area contributed by atoms with E-state index in [-0.39, 0.29) is 12.2 Å². The molecular formula is C18H23NO7. The van der Waals surface area contributed by atoms with Gasteiger partial charge in [0.05, 0.1) is 18.8 Å². The maximum atomic E-state index is 12.4. The average Bonchev–Trinajstić information content (AvgIpc) is 2.64. The Kier molecular flexibility index (Phi) is 7.28. The van der Waals surface area contributed by atoms with Crippen LogP contribution >= 0.6 is 0 Å². The molecule has 1 fully saturated rings. The molecule has 1 heterocycles. The van der Waals surface area contributed by atoms with E-state index >= 15 is 0 Å². The van der Waals surface area contributed by atoms with Crippen LogP contribution in [-0.2, 0) is 19.0 Å². The Labute approximate surface area is 151 Å². The van der Waals surface area contributed by atoms with Crippen molar-refractivity contribution in [1.82, 2.24) is 5.32 Å². The van der Waals surface area contributed by atoms with E-state index in [0.717, 1.165) is 0 Å². The van der Waals surface area contributed by atoms with Crippen LogP contribution in [0.3, 0.4) is 0 Å². The van der Waals surface area contributed by atoms with Crippen molar-refractivity contribution in [3.63, 3.8) is 0 Å². The largest absolute Gasteiger partial charge is 0.453 e. The smallest absolute Gasteiger partial charge is 0.338 e. The van der Waals surface area contributed by atoms with Gasteiger partial charge in [0.15, 0.2) is 12.4 Å². The van der Waals surface area contributed by atoms with Crippen LogP contribution in [-0.4, -0.2) is 65.9 Å². The molecule has 1 amide bonds. The number of aliphatic hydroxyl groups is 2. The minimum absolute atomic E-state index is 0.106. The van der Waals surface area contributed by atoms with E-state index < -0.39 is 49.1 Å². The van der Waals surface area contributed by atoms with Crippen molar-refractivity contribution in [3.05, 3.63) is 48.6 Å². The van der Waals surface area contributed by atoms with Crippen LogP contribution in [0.1, 0.15) is 17.3 Å². The Morgan fingerprint density at radius 3 is 2.62 bits per heavy atom. The van der Waals surface area contributed by atoms with E-state index in [9.17, 15) is 19.8 Å². The lowest BCUT2D eigenvalue weighted by Crippen LogP contribution is -2.65. The minimum atomic E-state index is -1.35. The number of esters is 1. The van der Waals surface area contributed by atoms with E-state index in [1.165, 1.54) is 13.0 Å². The number of rotatable bonds is 7. The molecule has 3 N–H and O–H groups in total. The van der Waals surface area contributed by atoms with E-state index in [1.807, 2.05) is 0 Å². The normalized spacial score (nSPS) is 28.2. The first-order valence-corrected chi connectivity index (χ1v) is 8.18. The fraction of sp³-hybridized carbons (Fsp3) is 0.444. The number of hydrogen-bond acceptors (Lipinski definition) is 7. The van der Waals surface area contributed by atoms with Gasteiger partial charge in [-0.25, -0.2) is 4.79 Å². The van der Waals surface area contributed by atoms with Crippen LogP contribution in [0.15, 0.2) is 43.0 Å². The molecular weight excluding hydrogens is 342 g/mol. The third-order valence-electron chi connectivity index (χ3n) is 3.85. The Bertz CT molecular complexity index is 621. The molecule has 8 heteroatoms. The monoisotopic (exact) mass is 365 g/mol. The zero-order valence-electron chi connectivity index (χ0n) is 14.4. The van der Waals surface area contributed by atoms with Gasteiger partial charge in [0, 0.05) is 6.92 Å². The summed E-state index contributed by atoms with van der Waals surface area (Å²) in [6, 6.07) is 7.27. The summed E-state index contributed by atoms with van der Waals surface area (Å²) in [7, 11) is 0. The molecule has 1 aliphatic heterocycles. The summed E-state index contributed by atoms with van der Waals surface area (Å²) in [5, 5.41) is 22.5. The zero-order valence-corrected chi connectivity index (χ0v) is 14.4. The van der Waals surface area contributed by atoms with E-state index in [0.29, 0.717) is 0 Å². The number of hydrogen-bond donors (Lipinski definition) is 3. The van der Waals surface area contributed by atoms with Crippen molar-refractivity contribution in [2.45, 2.75) is 37.6 Å². The fourth-order valence-corrected chi connectivity index (χ4v) is 2.67. The number of amides is 1. The van der Waals surface area contributed by atoms with Gasteiger partial charge in [-0.15, -0.1) is 6.58 Å². The Hall–Kier alpha value is -2.26. The number of benzene rings is 1. The average molecular weight is 365 g/mol. The number of carbonyl (C=O) groups excluding carboxylic acids is 2. The first-order valence-electron chi connectivity index (χ1n) is 8.18. The molecule has 1 aromatic carbocycles. The van der Waals surface area contributed by atoms with E-state index in [1.54, 1.807) is 30.3 Å². The summed E-state index contributed by atoms with van der Waals surface area (Å²) in [5.41, 5.74) is 0.289. The molecule has 1 aliphatic rings. The van der Waals surface area contributed by atoms with E-state index in [2.05, 4.69) is 11.9 Å². The second kappa shape index (κ2) is 9.44. The van der Waals surface area contributed by atoms with Gasteiger partial charge in [0.2, 0.25) is 5.91 Å². The van der Waals surface area contributed by atoms with Crippen molar-refractivity contribution in [3.8, 4) is 0 Å². The molecule has 1 saturated heterocycles. The van der Waals surface area contributed by atoms with E-state index in [4.69, 9.17) is 14.2 Å². The number of aliphatic hydroxyl groups excluding tert-OH is 2. The molecule has 1 aromatic rings. The highest BCUT2D eigenvalue weighted by atomic mass is 16.7. The topological polar surface area (TPSA) is 114 Å². The molecule has 0 spiro atoms. The van der Waals surface area contributed by atoms with Gasteiger partial charge >= 0.3 is 5.97 Å². The lowest BCUT2D eigenvalue weighted by molar-refractivity contribution is -0.266. The SMILES string of the molecule is C=CCO[C@H]1OC(CO)[C@H](O)[C@H](OC(=O)c2ccccc2)C1NC(C)=O. The first-order chi connectivity index (χ1) is 12.5.